The van der Waals surface area contributed by atoms with Crippen molar-refractivity contribution in [2.75, 3.05) is 6.61 Å². The molecule has 3 heterocycles. The standard InChI is InChI=1S/C13H14N2O2/c16-9-11-4-1-3-10-8-14-13(15(10)11)7-12-5-2-6-17-12/h1,3-4,8-9,12H,2,5-7H2. The minimum atomic E-state index is 0.250. The fourth-order valence-electron chi connectivity index (χ4n) is 2.39. The molecule has 2 aromatic rings. The van der Waals surface area contributed by atoms with Gasteiger partial charge in [0.1, 0.15) is 5.82 Å². The van der Waals surface area contributed by atoms with Crippen molar-refractivity contribution in [2.24, 2.45) is 0 Å². The number of hydrogen-bond acceptors (Lipinski definition) is 3. The highest BCUT2D eigenvalue weighted by molar-refractivity contribution is 5.74. The molecule has 2 aromatic heterocycles. The predicted molar refractivity (Wildman–Crippen MR) is 63.3 cm³/mol. The fraction of sp³-hybridized carbons (Fsp3) is 0.385. The Balaban J connectivity index is 2.00. The molecule has 17 heavy (non-hydrogen) atoms. The normalized spacial score (nSPS) is 19.9. The Hall–Kier alpha value is -1.68. The number of rotatable bonds is 3. The van der Waals surface area contributed by atoms with Crippen LogP contribution in [0.1, 0.15) is 29.2 Å². The zero-order valence-electron chi connectivity index (χ0n) is 9.50. The lowest BCUT2D eigenvalue weighted by Crippen LogP contribution is -2.12. The van der Waals surface area contributed by atoms with Crippen molar-refractivity contribution >= 4 is 11.8 Å². The number of hydrogen-bond donors (Lipinski definition) is 0. The summed E-state index contributed by atoms with van der Waals surface area (Å²) in [5, 5.41) is 0. The second-order valence-electron chi connectivity index (χ2n) is 4.34. The molecule has 1 aliphatic heterocycles. The van der Waals surface area contributed by atoms with Crippen molar-refractivity contribution in [2.45, 2.75) is 25.4 Å². The van der Waals surface area contributed by atoms with Gasteiger partial charge in [-0.25, -0.2) is 4.98 Å². The molecular formula is C13H14N2O2. The lowest BCUT2D eigenvalue weighted by atomic mass is 10.2. The lowest BCUT2D eigenvalue weighted by Gasteiger charge is -2.09. The second kappa shape index (κ2) is 4.30. The first-order valence-corrected chi connectivity index (χ1v) is 5.90. The summed E-state index contributed by atoms with van der Waals surface area (Å²) in [6.07, 6.45) is 5.90. The van der Waals surface area contributed by atoms with Crippen molar-refractivity contribution in [1.82, 2.24) is 9.38 Å². The predicted octanol–water partition coefficient (Wildman–Crippen LogP) is 1.87. The summed E-state index contributed by atoms with van der Waals surface area (Å²) >= 11 is 0. The lowest BCUT2D eigenvalue weighted by molar-refractivity contribution is 0.108. The van der Waals surface area contributed by atoms with E-state index < -0.39 is 0 Å². The number of carbonyl (C=O) groups excluding carboxylic acids is 1. The third kappa shape index (κ3) is 1.85. The molecule has 0 aromatic carbocycles. The monoisotopic (exact) mass is 230 g/mol. The van der Waals surface area contributed by atoms with Gasteiger partial charge in [0.05, 0.1) is 23.5 Å². The van der Waals surface area contributed by atoms with Crippen molar-refractivity contribution in [3.63, 3.8) is 0 Å². The van der Waals surface area contributed by atoms with E-state index in [-0.39, 0.29) is 6.10 Å². The highest BCUT2D eigenvalue weighted by atomic mass is 16.5. The first kappa shape index (κ1) is 10.5. The summed E-state index contributed by atoms with van der Waals surface area (Å²) < 4.78 is 7.52. The van der Waals surface area contributed by atoms with Gasteiger partial charge in [-0.15, -0.1) is 0 Å². The van der Waals surface area contributed by atoms with Crippen LogP contribution in [-0.4, -0.2) is 28.4 Å². The third-order valence-corrected chi connectivity index (χ3v) is 3.21. The Bertz CT molecular complexity index is 541. The molecule has 1 fully saturated rings. The van der Waals surface area contributed by atoms with Crippen LogP contribution in [0.15, 0.2) is 24.4 Å². The SMILES string of the molecule is O=Cc1cccc2cnc(CC3CCCO3)n12. The van der Waals surface area contributed by atoms with Gasteiger partial charge in [0.25, 0.3) is 0 Å². The smallest absolute Gasteiger partial charge is 0.166 e. The van der Waals surface area contributed by atoms with Crippen LogP contribution in [-0.2, 0) is 11.2 Å². The van der Waals surface area contributed by atoms with Crippen molar-refractivity contribution in [1.29, 1.82) is 0 Å². The Labute approximate surface area is 99.2 Å². The van der Waals surface area contributed by atoms with E-state index in [1.165, 1.54) is 0 Å². The molecule has 4 nitrogen and oxygen atoms in total. The Morgan fingerprint density at radius 2 is 2.47 bits per heavy atom. The highest BCUT2D eigenvalue weighted by Crippen LogP contribution is 2.18. The summed E-state index contributed by atoms with van der Waals surface area (Å²) in [6, 6.07) is 5.64. The maximum absolute atomic E-state index is 11.0. The molecule has 0 spiro atoms. The third-order valence-electron chi connectivity index (χ3n) is 3.21. The van der Waals surface area contributed by atoms with Gasteiger partial charge >= 0.3 is 0 Å². The number of carbonyl (C=O) groups is 1. The molecule has 88 valence electrons. The number of ether oxygens (including phenoxy) is 1. The van der Waals surface area contributed by atoms with Crippen LogP contribution < -0.4 is 0 Å². The summed E-state index contributed by atoms with van der Waals surface area (Å²) in [5.74, 6) is 0.912. The van der Waals surface area contributed by atoms with Gasteiger partial charge in [0, 0.05) is 13.0 Å². The van der Waals surface area contributed by atoms with E-state index in [0.29, 0.717) is 5.69 Å². The van der Waals surface area contributed by atoms with Crippen LogP contribution in [0.4, 0.5) is 0 Å². The van der Waals surface area contributed by atoms with Crippen molar-refractivity contribution in [3.8, 4) is 0 Å². The molecule has 3 rings (SSSR count). The van der Waals surface area contributed by atoms with Crippen LogP contribution in [0.2, 0.25) is 0 Å². The second-order valence-corrected chi connectivity index (χ2v) is 4.34. The molecule has 1 unspecified atom stereocenters. The summed E-state index contributed by atoms with van der Waals surface area (Å²) in [4.78, 5) is 15.4. The Morgan fingerprint density at radius 1 is 1.53 bits per heavy atom. The maximum Gasteiger partial charge on any atom is 0.166 e. The zero-order valence-corrected chi connectivity index (χ0v) is 9.50. The molecule has 0 aliphatic carbocycles. The van der Waals surface area contributed by atoms with E-state index in [1.54, 1.807) is 12.3 Å². The van der Waals surface area contributed by atoms with E-state index in [4.69, 9.17) is 4.74 Å². The summed E-state index contributed by atoms with van der Waals surface area (Å²) in [7, 11) is 0. The van der Waals surface area contributed by atoms with Gasteiger partial charge in [0.2, 0.25) is 0 Å². The van der Waals surface area contributed by atoms with Gasteiger partial charge in [0.15, 0.2) is 6.29 Å². The number of pyridine rings is 1. The molecule has 0 bridgehead atoms. The molecule has 1 aliphatic rings. The Kier molecular flexibility index (Phi) is 2.65. The molecule has 0 amide bonds. The van der Waals surface area contributed by atoms with Crippen molar-refractivity contribution in [3.05, 3.63) is 35.9 Å². The first-order chi connectivity index (χ1) is 8.38. The van der Waals surface area contributed by atoms with Gasteiger partial charge in [-0.2, -0.15) is 0 Å². The van der Waals surface area contributed by atoms with Gasteiger partial charge in [-0.1, -0.05) is 6.07 Å². The zero-order chi connectivity index (χ0) is 11.7. The number of nitrogens with zero attached hydrogens (tertiary/aromatic N) is 2. The van der Waals surface area contributed by atoms with Crippen LogP contribution >= 0.6 is 0 Å². The van der Waals surface area contributed by atoms with Gasteiger partial charge in [-0.05, 0) is 25.0 Å². The number of fused-ring (bicyclic) bond motifs is 1. The van der Waals surface area contributed by atoms with Crippen molar-refractivity contribution < 1.29 is 9.53 Å². The molecule has 4 heteroatoms. The molecule has 0 N–H and O–H groups in total. The molecule has 1 saturated heterocycles. The van der Waals surface area contributed by atoms with E-state index in [1.807, 2.05) is 16.5 Å². The van der Waals surface area contributed by atoms with Crippen LogP contribution in [0.25, 0.3) is 5.52 Å². The molecule has 1 atom stereocenters. The maximum atomic E-state index is 11.0. The quantitative estimate of drug-likeness (QED) is 0.756. The van der Waals surface area contributed by atoms with Crippen LogP contribution in [0.3, 0.4) is 0 Å². The minimum absolute atomic E-state index is 0.250. The number of aromatic nitrogens is 2. The molecule has 0 radical (unpaired) electrons. The summed E-state index contributed by atoms with van der Waals surface area (Å²) in [6.45, 7) is 0.842. The average molecular weight is 230 g/mol. The summed E-state index contributed by atoms with van der Waals surface area (Å²) in [5.41, 5.74) is 1.61. The fourth-order valence-corrected chi connectivity index (χ4v) is 2.39. The average Bonchev–Trinajstić information content (AvgIpc) is 2.99. The van der Waals surface area contributed by atoms with E-state index in [2.05, 4.69) is 4.98 Å². The van der Waals surface area contributed by atoms with Gasteiger partial charge in [-0.3, -0.25) is 9.20 Å². The number of aldehydes is 1. The largest absolute Gasteiger partial charge is 0.378 e. The molecular weight excluding hydrogens is 216 g/mol. The van der Waals surface area contributed by atoms with E-state index in [0.717, 1.165) is 43.5 Å². The minimum Gasteiger partial charge on any atom is -0.378 e. The van der Waals surface area contributed by atoms with E-state index >= 15 is 0 Å². The van der Waals surface area contributed by atoms with Crippen LogP contribution in [0.5, 0.6) is 0 Å². The van der Waals surface area contributed by atoms with Gasteiger partial charge < -0.3 is 4.74 Å². The topological polar surface area (TPSA) is 43.6 Å². The number of imidazole rings is 1. The Morgan fingerprint density at radius 3 is 3.24 bits per heavy atom. The first-order valence-electron chi connectivity index (χ1n) is 5.90. The van der Waals surface area contributed by atoms with Crippen LogP contribution in [0, 0.1) is 0 Å². The highest BCUT2D eigenvalue weighted by Gasteiger charge is 2.19. The van der Waals surface area contributed by atoms with E-state index in [9.17, 15) is 4.79 Å². The molecule has 0 saturated carbocycles.